The SMILES string of the molecule is CCOc1ccc(-c2nc(NC(=O)c3ccc(S(=O)(=O)N(C)CC4CCCO4)cc3)sc2C)cc1. The molecule has 1 saturated heterocycles. The molecule has 35 heavy (non-hydrogen) atoms. The van der Waals surface area contributed by atoms with Crippen molar-refractivity contribution >= 4 is 32.4 Å². The van der Waals surface area contributed by atoms with Crippen LogP contribution in [-0.2, 0) is 14.8 Å². The summed E-state index contributed by atoms with van der Waals surface area (Å²) in [4.78, 5) is 18.5. The van der Waals surface area contributed by atoms with Gasteiger partial charge in [0.2, 0.25) is 10.0 Å². The van der Waals surface area contributed by atoms with Crippen LogP contribution in [0.25, 0.3) is 11.3 Å². The van der Waals surface area contributed by atoms with Crippen LogP contribution in [0, 0.1) is 6.92 Å². The highest BCUT2D eigenvalue weighted by molar-refractivity contribution is 7.89. The lowest BCUT2D eigenvalue weighted by molar-refractivity contribution is 0.0979. The molecule has 1 amide bonds. The van der Waals surface area contributed by atoms with Crippen molar-refractivity contribution in [3.8, 4) is 17.0 Å². The number of aryl methyl sites for hydroxylation is 1. The Morgan fingerprint density at radius 3 is 2.54 bits per heavy atom. The van der Waals surface area contributed by atoms with Gasteiger partial charge >= 0.3 is 0 Å². The van der Waals surface area contributed by atoms with Crippen molar-refractivity contribution in [3.63, 3.8) is 0 Å². The molecule has 0 saturated carbocycles. The van der Waals surface area contributed by atoms with E-state index in [1.807, 2.05) is 38.1 Å². The molecule has 4 rings (SSSR count). The third-order valence-corrected chi connectivity index (χ3v) is 8.49. The molecular formula is C25H29N3O5S2. The number of sulfonamides is 1. The summed E-state index contributed by atoms with van der Waals surface area (Å²) >= 11 is 1.38. The molecule has 0 bridgehead atoms. The Balaban J connectivity index is 1.42. The molecule has 186 valence electrons. The van der Waals surface area contributed by atoms with Crippen LogP contribution in [0.5, 0.6) is 5.75 Å². The second-order valence-electron chi connectivity index (χ2n) is 8.28. The van der Waals surface area contributed by atoms with E-state index in [1.165, 1.54) is 39.9 Å². The van der Waals surface area contributed by atoms with Crippen molar-refractivity contribution in [2.75, 3.05) is 32.1 Å². The largest absolute Gasteiger partial charge is 0.494 e. The molecule has 1 unspecified atom stereocenters. The first kappa shape index (κ1) is 25.3. The number of benzene rings is 2. The molecule has 1 aromatic heterocycles. The first-order chi connectivity index (χ1) is 16.8. The van der Waals surface area contributed by atoms with Gasteiger partial charge in [-0.05, 0) is 75.2 Å². The zero-order valence-corrected chi connectivity index (χ0v) is 21.6. The number of likely N-dealkylation sites (N-methyl/N-ethyl adjacent to an activating group) is 1. The molecule has 1 aliphatic rings. The van der Waals surface area contributed by atoms with Crippen molar-refractivity contribution < 1.29 is 22.7 Å². The molecule has 1 aliphatic heterocycles. The van der Waals surface area contributed by atoms with Crippen LogP contribution in [0.2, 0.25) is 0 Å². The maximum atomic E-state index is 12.9. The summed E-state index contributed by atoms with van der Waals surface area (Å²) in [5, 5.41) is 3.29. The normalized spacial score (nSPS) is 15.9. The fourth-order valence-corrected chi connectivity index (χ4v) is 5.93. The van der Waals surface area contributed by atoms with E-state index in [0.717, 1.165) is 34.7 Å². The van der Waals surface area contributed by atoms with Gasteiger partial charge in [0, 0.05) is 36.2 Å². The Kier molecular flexibility index (Phi) is 7.85. The Morgan fingerprint density at radius 2 is 1.91 bits per heavy atom. The van der Waals surface area contributed by atoms with E-state index in [-0.39, 0.29) is 16.9 Å². The van der Waals surface area contributed by atoms with Gasteiger partial charge in [0.25, 0.3) is 5.91 Å². The summed E-state index contributed by atoms with van der Waals surface area (Å²) < 4.78 is 38.1. The number of thiazole rings is 1. The smallest absolute Gasteiger partial charge is 0.257 e. The summed E-state index contributed by atoms with van der Waals surface area (Å²) in [5.41, 5.74) is 2.08. The van der Waals surface area contributed by atoms with Crippen LogP contribution in [0.4, 0.5) is 5.13 Å². The number of nitrogens with zero attached hydrogens (tertiary/aromatic N) is 2. The van der Waals surface area contributed by atoms with Crippen molar-refractivity contribution in [2.24, 2.45) is 0 Å². The highest BCUT2D eigenvalue weighted by atomic mass is 32.2. The molecule has 0 radical (unpaired) electrons. The van der Waals surface area contributed by atoms with Crippen LogP contribution in [0.1, 0.15) is 35.0 Å². The Hall–Kier alpha value is -2.79. The molecule has 1 fully saturated rings. The van der Waals surface area contributed by atoms with E-state index in [4.69, 9.17) is 9.47 Å². The molecular weight excluding hydrogens is 486 g/mol. The number of carbonyl (C=O) groups is 1. The Morgan fingerprint density at radius 1 is 1.20 bits per heavy atom. The summed E-state index contributed by atoms with van der Waals surface area (Å²) in [6.45, 7) is 5.47. The maximum Gasteiger partial charge on any atom is 0.257 e. The lowest BCUT2D eigenvalue weighted by Crippen LogP contribution is -2.34. The van der Waals surface area contributed by atoms with Gasteiger partial charge in [0.05, 0.1) is 23.3 Å². The minimum absolute atomic E-state index is 0.0749. The molecule has 2 aromatic carbocycles. The van der Waals surface area contributed by atoms with Crippen LogP contribution >= 0.6 is 11.3 Å². The topological polar surface area (TPSA) is 97.8 Å². The van der Waals surface area contributed by atoms with Gasteiger partial charge in [0.15, 0.2) is 5.13 Å². The quantitative estimate of drug-likeness (QED) is 0.448. The number of anilines is 1. The number of hydrogen-bond donors (Lipinski definition) is 1. The van der Waals surface area contributed by atoms with E-state index < -0.39 is 10.0 Å². The van der Waals surface area contributed by atoms with Crippen molar-refractivity contribution in [1.82, 2.24) is 9.29 Å². The molecule has 10 heteroatoms. The summed E-state index contributed by atoms with van der Waals surface area (Å²) in [5.74, 6) is 0.440. The molecule has 1 atom stereocenters. The third kappa shape index (κ3) is 5.90. The Bertz CT molecular complexity index is 1270. The van der Waals surface area contributed by atoms with E-state index in [9.17, 15) is 13.2 Å². The standard InChI is InChI=1S/C25H29N3O5S2/c1-4-32-20-11-7-18(8-12-20)23-17(2)34-25(26-23)27-24(29)19-9-13-22(14-10-19)35(30,31)28(3)16-21-6-5-15-33-21/h7-14,21H,4-6,15-16H2,1-3H3,(H,26,27,29). The van der Waals surface area contributed by atoms with Crippen molar-refractivity contribution in [3.05, 3.63) is 59.0 Å². The average Bonchev–Trinajstić information content (AvgIpc) is 3.49. The van der Waals surface area contributed by atoms with Gasteiger partial charge in [-0.15, -0.1) is 11.3 Å². The van der Waals surface area contributed by atoms with Crippen LogP contribution in [-0.4, -0.2) is 56.5 Å². The molecule has 3 aromatic rings. The number of rotatable bonds is 9. The van der Waals surface area contributed by atoms with Crippen LogP contribution in [0.3, 0.4) is 0 Å². The molecule has 8 nitrogen and oxygen atoms in total. The van der Waals surface area contributed by atoms with Gasteiger partial charge in [-0.3, -0.25) is 10.1 Å². The van der Waals surface area contributed by atoms with Crippen molar-refractivity contribution in [2.45, 2.75) is 37.7 Å². The zero-order chi connectivity index (χ0) is 25.0. The minimum atomic E-state index is -3.67. The predicted octanol–water partition coefficient (Wildman–Crippen LogP) is 4.57. The van der Waals surface area contributed by atoms with Crippen LogP contribution in [0.15, 0.2) is 53.4 Å². The number of nitrogens with one attached hydrogen (secondary N) is 1. The second kappa shape index (κ2) is 10.9. The first-order valence-electron chi connectivity index (χ1n) is 11.5. The summed E-state index contributed by atoms with van der Waals surface area (Å²) in [6.07, 6.45) is 1.73. The monoisotopic (exact) mass is 515 g/mol. The van der Waals surface area contributed by atoms with Gasteiger partial charge in [-0.2, -0.15) is 4.31 Å². The van der Waals surface area contributed by atoms with Gasteiger partial charge < -0.3 is 9.47 Å². The lowest BCUT2D eigenvalue weighted by atomic mass is 10.1. The number of carbonyl (C=O) groups excluding carboxylic acids is 1. The number of hydrogen-bond acceptors (Lipinski definition) is 7. The third-order valence-electron chi connectivity index (χ3n) is 5.77. The predicted molar refractivity (Wildman–Crippen MR) is 137 cm³/mol. The van der Waals surface area contributed by atoms with Gasteiger partial charge in [-0.25, -0.2) is 13.4 Å². The highest BCUT2D eigenvalue weighted by Crippen LogP contribution is 2.31. The number of aromatic nitrogens is 1. The van der Waals surface area contributed by atoms with E-state index in [1.54, 1.807) is 7.05 Å². The van der Waals surface area contributed by atoms with E-state index >= 15 is 0 Å². The van der Waals surface area contributed by atoms with Gasteiger partial charge in [0.1, 0.15) is 5.75 Å². The first-order valence-corrected chi connectivity index (χ1v) is 13.7. The fraction of sp³-hybridized carbons (Fsp3) is 0.360. The molecule has 2 heterocycles. The number of amides is 1. The maximum absolute atomic E-state index is 12.9. The average molecular weight is 516 g/mol. The molecule has 0 aliphatic carbocycles. The fourth-order valence-electron chi connectivity index (χ4n) is 3.89. The molecule has 0 spiro atoms. The van der Waals surface area contributed by atoms with E-state index in [2.05, 4.69) is 10.3 Å². The minimum Gasteiger partial charge on any atom is -0.494 e. The summed E-state index contributed by atoms with van der Waals surface area (Å²) in [7, 11) is -2.12. The molecule has 1 N–H and O–H groups in total. The van der Waals surface area contributed by atoms with Crippen LogP contribution < -0.4 is 10.1 Å². The number of ether oxygens (including phenoxy) is 2. The lowest BCUT2D eigenvalue weighted by Gasteiger charge is -2.20. The van der Waals surface area contributed by atoms with Gasteiger partial charge in [-0.1, -0.05) is 0 Å². The highest BCUT2D eigenvalue weighted by Gasteiger charge is 2.26. The second-order valence-corrected chi connectivity index (χ2v) is 11.5. The van der Waals surface area contributed by atoms with E-state index in [0.29, 0.717) is 30.5 Å². The summed E-state index contributed by atoms with van der Waals surface area (Å²) in [6, 6.07) is 13.6. The Labute approximate surface area is 210 Å². The van der Waals surface area contributed by atoms with Crippen molar-refractivity contribution in [1.29, 1.82) is 0 Å². The zero-order valence-electron chi connectivity index (χ0n) is 20.0.